The molecule has 0 radical (unpaired) electrons. The van der Waals surface area contributed by atoms with Crippen LogP contribution in [0.3, 0.4) is 0 Å². The fourth-order valence-electron chi connectivity index (χ4n) is 3.16. The standard InChI is InChI=1S/C21H25N3O4/c1-16-6-5-7-17(2)21(16)28-15-20(26)27-14-19(25)24-12-10-23(11-13-24)18-8-3-4-9-22-18/h3-9H,10-15H2,1-2H3. The van der Waals surface area contributed by atoms with Crippen LogP contribution in [0, 0.1) is 13.8 Å². The maximum atomic E-state index is 12.3. The maximum Gasteiger partial charge on any atom is 0.344 e. The number of hydrogen-bond acceptors (Lipinski definition) is 6. The predicted octanol–water partition coefficient (Wildman–Crippen LogP) is 1.97. The van der Waals surface area contributed by atoms with Gasteiger partial charge in [0.15, 0.2) is 13.2 Å². The summed E-state index contributed by atoms with van der Waals surface area (Å²) in [5.74, 6) is 0.838. The van der Waals surface area contributed by atoms with E-state index in [-0.39, 0.29) is 19.1 Å². The highest BCUT2D eigenvalue weighted by atomic mass is 16.6. The summed E-state index contributed by atoms with van der Waals surface area (Å²) in [5.41, 5.74) is 1.91. The predicted molar refractivity (Wildman–Crippen MR) is 105 cm³/mol. The molecule has 7 nitrogen and oxygen atoms in total. The molecule has 0 saturated carbocycles. The van der Waals surface area contributed by atoms with E-state index in [0.717, 1.165) is 16.9 Å². The summed E-state index contributed by atoms with van der Waals surface area (Å²) in [4.78, 5) is 32.4. The Morgan fingerprint density at radius 1 is 0.964 bits per heavy atom. The second-order valence-corrected chi connectivity index (χ2v) is 6.73. The van der Waals surface area contributed by atoms with Crippen LogP contribution in [0.4, 0.5) is 5.82 Å². The number of benzene rings is 1. The monoisotopic (exact) mass is 383 g/mol. The van der Waals surface area contributed by atoms with Gasteiger partial charge in [0.05, 0.1) is 0 Å². The lowest BCUT2D eigenvalue weighted by Crippen LogP contribution is -2.50. The number of pyridine rings is 1. The molecule has 0 bridgehead atoms. The van der Waals surface area contributed by atoms with E-state index < -0.39 is 5.97 Å². The third-order valence-corrected chi connectivity index (χ3v) is 4.71. The van der Waals surface area contributed by atoms with Gasteiger partial charge in [0.25, 0.3) is 5.91 Å². The summed E-state index contributed by atoms with van der Waals surface area (Å²) in [6, 6.07) is 11.5. The zero-order valence-electron chi connectivity index (χ0n) is 16.3. The van der Waals surface area contributed by atoms with E-state index in [9.17, 15) is 9.59 Å². The van der Waals surface area contributed by atoms with Gasteiger partial charge < -0.3 is 19.3 Å². The highest BCUT2D eigenvalue weighted by Gasteiger charge is 2.22. The molecular weight excluding hydrogens is 358 g/mol. The first-order valence-electron chi connectivity index (χ1n) is 9.33. The molecule has 3 rings (SSSR count). The fraction of sp³-hybridized carbons (Fsp3) is 0.381. The van der Waals surface area contributed by atoms with Gasteiger partial charge in [0.2, 0.25) is 0 Å². The summed E-state index contributed by atoms with van der Waals surface area (Å²) >= 11 is 0. The molecule has 1 aliphatic heterocycles. The third-order valence-electron chi connectivity index (χ3n) is 4.71. The van der Waals surface area contributed by atoms with Crippen molar-refractivity contribution in [1.82, 2.24) is 9.88 Å². The van der Waals surface area contributed by atoms with E-state index >= 15 is 0 Å². The topological polar surface area (TPSA) is 72.0 Å². The minimum atomic E-state index is -0.553. The number of aromatic nitrogens is 1. The van der Waals surface area contributed by atoms with Gasteiger partial charge in [-0.2, -0.15) is 0 Å². The summed E-state index contributed by atoms with van der Waals surface area (Å²) in [7, 11) is 0. The lowest BCUT2D eigenvalue weighted by atomic mass is 10.1. The first kappa shape index (κ1) is 19.7. The number of para-hydroxylation sites is 1. The summed E-state index contributed by atoms with van der Waals surface area (Å²) in [6.07, 6.45) is 1.76. The smallest absolute Gasteiger partial charge is 0.344 e. The van der Waals surface area contributed by atoms with Crippen LogP contribution in [-0.4, -0.2) is 61.2 Å². The summed E-state index contributed by atoms with van der Waals surface area (Å²) in [6.45, 7) is 5.91. The minimum Gasteiger partial charge on any atom is -0.481 e. The van der Waals surface area contributed by atoms with Crippen LogP contribution in [-0.2, 0) is 14.3 Å². The number of aryl methyl sites for hydroxylation is 2. The zero-order chi connectivity index (χ0) is 19.9. The van der Waals surface area contributed by atoms with Gasteiger partial charge in [0.1, 0.15) is 11.6 Å². The molecule has 2 aromatic rings. The first-order chi connectivity index (χ1) is 13.5. The van der Waals surface area contributed by atoms with E-state index in [1.807, 2.05) is 50.2 Å². The Bertz CT molecular complexity index is 797. The lowest BCUT2D eigenvalue weighted by Gasteiger charge is -2.35. The van der Waals surface area contributed by atoms with Gasteiger partial charge in [-0.05, 0) is 37.1 Å². The molecule has 1 amide bonds. The average Bonchev–Trinajstić information content (AvgIpc) is 2.72. The van der Waals surface area contributed by atoms with Gasteiger partial charge in [-0.1, -0.05) is 24.3 Å². The molecular formula is C21H25N3O4. The number of amides is 1. The van der Waals surface area contributed by atoms with E-state index in [4.69, 9.17) is 9.47 Å². The molecule has 0 unspecified atom stereocenters. The van der Waals surface area contributed by atoms with Crippen LogP contribution in [0.15, 0.2) is 42.6 Å². The maximum absolute atomic E-state index is 12.3. The Hall–Kier alpha value is -3.09. The molecule has 0 atom stereocenters. The molecule has 148 valence electrons. The van der Waals surface area contributed by atoms with Gasteiger partial charge in [-0.25, -0.2) is 9.78 Å². The Balaban J connectivity index is 1.40. The quantitative estimate of drug-likeness (QED) is 0.710. The molecule has 1 aliphatic rings. The molecule has 0 N–H and O–H groups in total. The Labute approximate surface area is 164 Å². The fourth-order valence-corrected chi connectivity index (χ4v) is 3.16. The second kappa shape index (κ2) is 9.21. The molecule has 1 saturated heterocycles. The summed E-state index contributed by atoms with van der Waals surface area (Å²) < 4.78 is 10.6. The third kappa shape index (κ3) is 5.00. The molecule has 1 aromatic carbocycles. The summed E-state index contributed by atoms with van der Waals surface area (Å²) in [5, 5.41) is 0. The number of rotatable bonds is 6. The number of nitrogens with zero attached hydrogens (tertiary/aromatic N) is 3. The van der Waals surface area contributed by atoms with Gasteiger partial charge in [0, 0.05) is 32.4 Å². The molecule has 1 aromatic heterocycles. The van der Waals surface area contributed by atoms with Crippen LogP contribution >= 0.6 is 0 Å². The Kier molecular flexibility index (Phi) is 6.47. The highest BCUT2D eigenvalue weighted by Crippen LogP contribution is 2.22. The second-order valence-electron chi connectivity index (χ2n) is 6.73. The van der Waals surface area contributed by atoms with Crippen LogP contribution in [0.2, 0.25) is 0 Å². The first-order valence-corrected chi connectivity index (χ1v) is 9.33. The number of carbonyl (C=O) groups is 2. The van der Waals surface area contributed by atoms with Crippen molar-refractivity contribution in [2.75, 3.05) is 44.3 Å². The molecule has 1 fully saturated rings. The minimum absolute atomic E-state index is 0.193. The lowest BCUT2D eigenvalue weighted by molar-refractivity contribution is -0.153. The normalized spacial score (nSPS) is 13.9. The largest absolute Gasteiger partial charge is 0.481 e. The van der Waals surface area contributed by atoms with Crippen molar-refractivity contribution < 1.29 is 19.1 Å². The van der Waals surface area contributed by atoms with Crippen LogP contribution in [0.5, 0.6) is 5.75 Å². The molecule has 0 aliphatic carbocycles. The van der Waals surface area contributed by atoms with Gasteiger partial charge in [-0.15, -0.1) is 0 Å². The van der Waals surface area contributed by atoms with Crippen molar-refractivity contribution in [2.45, 2.75) is 13.8 Å². The van der Waals surface area contributed by atoms with E-state index in [1.165, 1.54) is 0 Å². The van der Waals surface area contributed by atoms with Crippen molar-refractivity contribution in [3.63, 3.8) is 0 Å². The SMILES string of the molecule is Cc1cccc(C)c1OCC(=O)OCC(=O)N1CCN(c2ccccn2)CC1. The molecule has 2 heterocycles. The van der Waals surface area contributed by atoms with E-state index in [0.29, 0.717) is 31.9 Å². The van der Waals surface area contributed by atoms with Crippen molar-refractivity contribution in [3.05, 3.63) is 53.7 Å². The Morgan fingerprint density at radius 3 is 2.32 bits per heavy atom. The number of hydrogen-bond donors (Lipinski definition) is 0. The van der Waals surface area contributed by atoms with Crippen molar-refractivity contribution >= 4 is 17.7 Å². The molecule has 7 heteroatoms. The average molecular weight is 383 g/mol. The van der Waals surface area contributed by atoms with Crippen molar-refractivity contribution in [2.24, 2.45) is 0 Å². The molecule has 28 heavy (non-hydrogen) atoms. The van der Waals surface area contributed by atoms with Gasteiger partial charge >= 0.3 is 5.97 Å². The highest BCUT2D eigenvalue weighted by molar-refractivity contribution is 5.81. The number of anilines is 1. The van der Waals surface area contributed by atoms with E-state index in [1.54, 1.807) is 11.1 Å². The van der Waals surface area contributed by atoms with E-state index in [2.05, 4.69) is 9.88 Å². The van der Waals surface area contributed by atoms with Gasteiger partial charge in [-0.3, -0.25) is 4.79 Å². The van der Waals surface area contributed by atoms with Crippen molar-refractivity contribution in [3.8, 4) is 5.75 Å². The van der Waals surface area contributed by atoms with Crippen LogP contribution in [0.25, 0.3) is 0 Å². The van der Waals surface area contributed by atoms with Crippen LogP contribution in [0.1, 0.15) is 11.1 Å². The zero-order valence-corrected chi connectivity index (χ0v) is 16.3. The Morgan fingerprint density at radius 2 is 1.68 bits per heavy atom. The number of ether oxygens (including phenoxy) is 2. The molecule has 0 spiro atoms. The number of esters is 1. The van der Waals surface area contributed by atoms with Crippen LogP contribution < -0.4 is 9.64 Å². The number of carbonyl (C=O) groups excluding carboxylic acids is 2. The van der Waals surface area contributed by atoms with Crippen molar-refractivity contribution in [1.29, 1.82) is 0 Å². The number of piperazine rings is 1.